The maximum absolute atomic E-state index is 12.1. The van der Waals surface area contributed by atoms with Gasteiger partial charge in [0.05, 0.1) is 0 Å². The highest BCUT2D eigenvalue weighted by Crippen LogP contribution is 2.36. The van der Waals surface area contributed by atoms with Gasteiger partial charge in [0.15, 0.2) is 0 Å². The summed E-state index contributed by atoms with van der Waals surface area (Å²) in [6.07, 6.45) is 8.53. The summed E-state index contributed by atoms with van der Waals surface area (Å²) >= 11 is 0. The average molecular weight is 253 g/mol. The number of carbonyl (C=O) groups excluding carboxylic acids is 1. The molecule has 2 amide bonds. The lowest BCUT2D eigenvalue weighted by Gasteiger charge is -2.49. The van der Waals surface area contributed by atoms with Gasteiger partial charge in [0.2, 0.25) is 0 Å². The summed E-state index contributed by atoms with van der Waals surface area (Å²) in [7, 11) is 6.18. The molecule has 1 N–H and O–H groups in total. The molecule has 0 radical (unpaired) electrons. The molecule has 0 heterocycles. The van der Waals surface area contributed by atoms with Crippen LogP contribution >= 0.6 is 0 Å². The van der Waals surface area contributed by atoms with Crippen molar-refractivity contribution in [1.29, 1.82) is 0 Å². The smallest absolute Gasteiger partial charge is 0.317 e. The molecule has 2 rings (SSSR count). The molecular weight excluding hydrogens is 226 g/mol. The van der Waals surface area contributed by atoms with Crippen LogP contribution in [0.1, 0.15) is 44.9 Å². The van der Waals surface area contributed by atoms with Gasteiger partial charge in [0, 0.05) is 25.2 Å². The Morgan fingerprint density at radius 3 is 2.22 bits per heavy atom. The summed E-state index contributed by atoms with van der Waals surface area (Å²) in [5.41, 5.74) is 0.224. The van der Waals surface area contributed by atoms with E-state index in [0.717, 1.165) is 19.4 Å². The highest BCUT2D eigenvalue weighted by Gasteiger charge is 2.40. The third-order valence-corrected chi connectivity index (χ3v) is 4.79. The predicted molar refractivity (Wildman–Crippen MR) is 73.7 cm³/mol. The van der Waals surface area contributed by atoms with E-state index in [1.807, 2.05) is 11.9 Å². The molecule has 0 saturated heterocycles. The van der Waals surface area contributed by atoms with Crippen LogP contribution in [-0.4, -0.2) is 55.1 Å². The first-order valence-corrected chi connectivity index (χ1v) is 7.23. The normalized spacial score (nSPS) is 22.9. The maximum atomic E-state index is 12.1. The van der Waals surface area contributed by atoms with Crippen LogP contribution in [0, 0.1) is 0 Å². The molecule has 2 aliphatic carbocycles. The van der Waals surface area contributed by atoms with Gasteiger partial charge in [-0.05, 0) is 46.2 Å². The van der Waals surface area contributed by atoms with E-state index in [0.29, 0.717) is 6.04 Å². The van der Waals surface area contributed by atoms with Crippen LogP contribution in [0.5, 0.6) is 0 Å². The molecule has 0 aromatic heterocycles. The molecule has 4 heteroatoms. The molecule has 0 aromatic carbocycles. The van der Waals surface area contributed by atoms with Crippen molar-refractivity contribution in [1.82, 2.24) is 15.1 Å². The van der Waals surface area contributed by atoms with Crippen molar-refractivity contribution in [3.8, 4) is 0 Å². The van der Waals surface area contributed by atoms with Gasteiger partial charge in [-0.3, -0.25) is 0 Å². The minimum absolute atomic E-state index is 0.107. The van der Waals surface area contributed by atoms with Gasteiger partial charge in [-0.1, -0.05) is 12.8 Å². The molecule has 0 bridgehead atoms. The molecule has 0 atom stereocenters. The van der Waals surface area contributed by atoms with Gasteiger partial charge in [-0.2, -0.15) is 0 Å². The number of rotatable bonds is 4. The van der Waals surface area contributed by atoms with Crippen LogP contribution in [-0.2, 0) is 0 Å². The quantitative estimate of drug-likeness (QED) is 0.832. The zero-order chi connectivity index (χ0) is 13.2. The Morgan fingerprint density at radius 2 is 1.78 bits per heavy atom. The minimum atomic E-state index is 0.107. The first kappa shape index (κ1) is 13.7. The summed E-state index contributed by atoms with van der Waals surface area (Å²) in [6, 6.07) is 0.520. The highest BCUT2D eigenvalue weighted by atomic mass is 16.2. The molecule has 2 fully saturated rings. The number of hydrogen-bond donors (Lipinski definition) is 1. The monoisotopic (exact) mass is 253 g/mol. The molecule has 0 unspecified atom stereocenters. The van der Waals surface area contributed by atoms with Crippen molar-refractivity contribution in [3.05, 3.63) is 0 Å². The van der Waals surface area contributed by atoms with Crippen LogP contribution in [0.15, 0.2) is 0 Å². The van der Waals surface area contributed by atoms with Crippen molar-refractivity contribution in [2.75, 3.05) is 27.7 Å². The van der Waals surface area contributed by atoms with Crippen LogP contribution < -0.4 is 5.32 Å². The van der Waals surface area contributed by atoms with Gasteiger partial charge < -0.3 is 15.1 Å². The third-order valence-electron chi connectivity index (χ3n) is 4.79. The topological polar surface area (TPSA) is 35.6 Å². The standard InChI is InChI=1S/C14H27N3O/c1-16(2)14(9-6-10-14)11-17(3)13(18)15-12-7-4-5-8-12/h12H,4-11H2,1-3H3,(H,15,18). The summed E-state index contributed by atoms with van der Waals surface area (Å²) in [5, 5.41) is 3.16. The van der Waals surface area contributed by atoms with E-state index in [1.165, 1.54) is 32.1 Å². The fourth-order valence-electron chi connectivity index (χ4n) is 3.20. The van der Waals surface area contributed by atoms with Crippen molar-refractivity contribution in [3.63, 3.8) is 0 Å². The second kappa shape index (κ2) is 5.47. The van der Waals surface area contributed by atoms with Crippen LogP contribution in [0.4, 0.5) is 4.79 Å². The average Bonchev–Trinajstić information content (AvgIpc) is 2.75. The van der Waals surface area contributed by atoms with E-state index in [1.54, 1.807) is 0 Å². The predicted octanol–water partition coefficient (Wildman–Crippen LogP) is 2.05. The number of nitrogens with zero attached hydrogens (tertiary/aromatic N) is 2. The van der Waals surface area contributed by atoms with Crippen LogP contribution in [0.2, 0.25) is 0 Å². The highest BCUT2D eigenvalue weighted by molar-refractivity contribution is 5.74. The zero-order valence-electron chi connectivity index (χ0n) is 12.0. The maximum Gasteiger partial charge on any atom is 0.317 e. The number of carbonyl (C=O) groups is 1. The molecule has 0 aromatic rings. The molecule has 4 nitrogen and oxygen atoms in total. The molecule has 104 valence electrons. The molecular formula is C14H27N3O. The van der Waals surface area contributed by atoms with E-state index in [2.05, 4.69) is 24.3 Å². The Hall–Kier alpha value is -0.770. The van der Waals surface area contributed by atoms with Crippen LogP contribution in [0.3, 0.4) is 0 Å². The van der Waals surface area contributed by atoms with E-state index in [-0.39, 0.29) is 11.6 Å². The second-order valence-corrected chi connectivity index (χ2v) is 6.26. The second-order valence-electron chi connectivity index (χ2n) is 6.26. The van der Waals surface area contributed by atoms with E-state index < -0.39 is 0 Å². The Balaban J connectivity index is 1.82. The summed E-state index contributed by atoms with van der Waals surface area (Å²) in [4.78, 5) is 16.3. The lowest BCUT2D eigenvalue weighted by atomic mass is 9.75. The largest absolute Gasteiger partial charge is 0.335 e. The molecule has 18 heavy (non-hydrogen) atoms. The van der Waals surface area contributed by atoms with Crippen LogP contribution in [0.25, 0.3) is 0 Å². The lowest BCUT2D eigenvalue weighted by Crippen LogP contribution is -2.58. The lowest BCUT2D eigenvalue weighted by molar-refractivity contribution is 0.0361. The van der Waals surface area contributed by atoms with Gasteiger partial charge >= 0.3 is 6.03 Å². The Labute approximate surface area is 111 Å². The van der Waals surface area contributed by atoms with Crippen molar-refractivity contribution < 1.29 is 4.79 Å². The Kier molecular flexibility index (Phi) is 4.15. The van der Waals surface area contributed by atoms with Gasteiger partial charge in [0.1, 0.15) is 0 Å². The van der Waals surface area contributed by atoms with Gasteiger partial charge in [-0.15, -0.1) is 0 Å². The number of nitrogens with one attached hydrogen (secondary N) is 1. The van der Waals surface area contributed by atoms with Crippen molar-refractivity contribution in [2.24, 2.45) is 0 Å². The SMILES string of the molecule is CN(CC1(N(C)C)CCC1)C(=O)NC1CCCC1. The molecule has 0 aliphatic heterocycles. The minimum Gasteiger partial charge on any atom is -0.335 e. The Morgan fingerprint density at radius 1 is 1.17 bits per heavy atom. The molecule has 2 aliphatic rings. The van der Waals surface area contributed by atoms with E-state index >= 15 is 0 Å². The molecule has 0 spiro atoms. The first-order chi connectivity index (χ1) is 8.53. The third kappa shape index (κ3) is 2.79. The Bertz CT molecular complexity index is 293. The zero-order valence-corrected chi connectivity index (χ0v) is 12.0. The van der Waals surface area contributed by atoms with E-state index in [9.17, 15) is 4.79 Å². The van der Waals surface area contributed by atoms with Gasteiger partial charge in [0.25, 0.3) is 0 Å². The number of amides is 2. The number of hydrogen-bond acceptors (Lipinski definition) is 2. The summed E-state index contributed by atoms with van der Waals surface area (Å²) < 4.78 is 0. The number of urea groups is 1. The van der Waals surface area contributed by atoms with E-state index in [4.69, 9.17) is 0 Å². The van der Waals surface area contributed by atoms with Crippen molar-refractivity contribution >= 4 is 6.03 Å². The van der Waals surface area contributed by atoms with Gasteiger partial charge in [-0.25, -0.2) is 4.79 Å². The van der Waals surface area contributed by atoms with Crippen molar-refractivity contribution in [2.45, 2.75) is 56.5 Å². The molecule has 2 saturated carbocycles. The number of likely N-dealkylation sites (N-methyl/N-ethyl adjacent to an activating group) is 2. The fourth-order valence-corrected chi connectivity index (χ4v) is 3.20. The first-order valence-electron chi connectivity index (χ1n) is 7.23. The fraction of sp³-hybridized carbons (Fsp3) is 0.929. The summed E-state index contributed by atoms with van der Waals surface area (Å²) in [6.45, 7) is 0.846. The summed E-state index contributed by atoms with van der Waals surface area (Å²) in [5.74, 6) is 0.